The fourth-order valence-electron chi connectivity index (χ4n) is 1.96. The Hall–Kier alpha value is -2.57. The zero-order valence-corrected chi connectivity index (χ0v) is 14.0. The van der Waals surface area contributed by atoms with E-state index in [-0.39, 0.29) is 11.6 Å². The fraction of sp³-hybridized carbons (Fsp3) is 0.0625. The minimum absolute atomic E-state index is 0.249. The Morgan fingerprint density at radius 3 is 2.71 bits per heavy atom. The summed E-state index contributed by atoms with van der Waals surface area (Å²) in [5.74, 6) is 0.569. The SMILES string of the molecule is Cc1cc(NC(=O)c2ccc(Nc3cccc(Cl)c3Cl)cn2)no1. The topological polar surface area (TPSA) is 80.0 Å². The van der Waals surface area contributed by atoms with Gasteiger partial charge in [-0.2, -0.15) is 0 Å². The summed E-state index contributed by atoms with van der Waals surface area (Å²) in [4.78, 5) is 16.2. The Labute approximate surface area is 147 Å². The standard InChI is InChI=1S/C16H12Cl2N4O2/c1-9-7-14(22-24-9)21-16(23)13-6-5-10(8-19-13)20-12-4-2-3-11(17)15(12)18/h2-8,20H,1H3,(H,21,22,23). The summed E-state index contributed by atoms with van der Waals surface area (Å²) >= 11 is 12.1. The molecular weight excluding hydrogens is 351 g/mol. The first-order valence-electron chi connectivity index (χ1n) is 6.94. The van der Waals surface area contributed by atoms with Gasteiger partial charge in [-0.1, -0.05) is 34.4 Å². The predicted octanol–water partition coefficient (Wildman–Crippen LogP) is 4.68. The minimum atomic E-state index is -0.379. The van der Waals surface area contributed by atoms with Crippen LogP contribution in [0.2, 0.25) is 10.0 Å². The Balaban J connectivity index is 1.71. The van der Waals surface area contributed by atoms with E-state index in [1.165, 1.54) is 6.20 Å². The summed E-state index contributed by atoms with van der Waals surface area (Å²) in [5.41, 5.74) is 1.58. The van der Waals surface area contributed by atoms with E-state index in [1.807, 2.05) is 0 Å². The highest BCUT2D eigenvalue weighted by Crippen LogP contribution is 2.31. The van der Waals surface area contributed by atoms with Gasteiger partial charge in [-0.25, -0.2) is 4.98 Å². The number of halogens is 2. The zero-order chi connectivity index (χ0) is 17.1. The van der Waals surface area contributed by atoms with E-state index >= 15 is 0 Å². The summed E-state index contributed by atoms with van der Waals surface area (Å²) in [6.07, 6.45) is 1.53. The smallest absolute Gasteiger partial charge is 0.275 e. The first kappa shape index (κ1) is 16.3. The number of aryl methyl sites for hydroxylation is 1. The predicted molar refractivity (Wildman–Crippen MR) is 93.2 cm³/mol. The Morgan fingerprint density at radius 2 is 2.04 bits per heavy atom. The Bertz CT molecular complexity index is 878. The molecule has 0 saturated carbocycles. The number of rotatable bonds is 4. The molecule has 0 fully saturated rings. The van der Waals surface area contributed by atoms with Crippen molar-refractivity contribution >= 4 is 46.3 Å². The van der Waals surface area contributed by atoms with Gasteiger partial charge in [0.05, 0.1) is 27.6 Å². The molecule has 0 aliphatic heterocycles. The molecular formula is C16H12Cl2N4O2. The lowest BCUT2D eigenvalue weighted by atomic mass is 10.2. The van der Waals surface area contributed by atoms with Crippen molar-refractivity contribution in [1.29, 1.82) is 0 Å². The number of carbonyl (C=O) groups excluding carboxylic acids is 1. The lowest BCUT2D eigenvalue weighted by Gasteiger charge is -2.09. The fourth-order valence-corrected chi connectivity index (χ4v) is 2.31. The molecule has 0 atom stereocenters. The summed E-state index contributed by atoms with van der Waals surface area (Å²) < 4.78 is 4.89. The largest absolute Gasteiger partial charge is 0.360 e. The Kier molecular flexibility index (Phi) is 4.69. The quantitative estimate of drug-likeness (QED) is 0.704. The van der Waals surface area contributed by atoms with E-state index in [4.69, 9.17) is 27.7 Å². The molecule has 0 saturated heterocycles. The highest BCUT2D eigenvalue weighted by molar-refractivity contribution is 6.43. The van der Waals surface area contributed by atoms with Crippen LogP contribution < -0.4 is 10.6 Å². The van der Waals surface area contributed by atoms with Crippen LogP contribution in [0.5, 0.6) is 0 Å². The third-order valence-electron chi connectivity index (χ3n) is 3.10. The van der Waals surface area contributed by atoms with Crippen LogP contribution in [0, 0.1) is 6.92 Å². The molecule has 0 spiro atoms. The highest BCUT2D eigenvalue weighted by atomic mass is 35.5. The molecule has 0 bridgehead atoms. The Morgan fingerprint density at radius 1 is 1.21 bits per heavy atom. The van der Waals surface area contributed by atoms with Crippen LogP contribution >= 0.6 is 23.2 Å². The first-order chi connectivity index (χ1) is 11.5. The van der Waals surface area contributed by atoms with E-state index < -0.39 is 0 Å². The highest BCUT2D eigenvalue weighted by Gasteiger charge is 2.11. The molecule has 2 N–H and O–H groups in total. The average Bonchev–Trinajstić information content (AvgIpc) is 2.97. The minimum Gasteiger partial charge on any atom is -0.360 e. The normalized spacial score (nSPS) is 10.5. The molecule has 3 rings (SSSR count). The number of pyridine rings is 1. The second-order valence-corrected chi connectivity index (χ2v) is 5.72. The van der Waals surface area contributed by atoms with Gasteiger partial charge in [0.1, 0.15) is 11.5 Å². The molecule has 122 valence electrons. The summed E-state index contributed by atoms with van der Waals surface area (Å²) in [5, 5.41) is 10.3. The maximum absolute atomic E-state index is 12.1. The van der Waals surface area contributed by atoms with Gasteiger partial charge in [-0.15, -0.1) is 0 Å². The van der Waals surface area contributed by atoms with Crippen LogP contribution in [0.1, 0.15) is 16.2 Å². The van der Waals surface area contributed by atoms with Crippen molar-refractivity contribution in [2.75, 3.05) is 10.6 Å². The van der Waals surface area contributed by atoms with Gasteiger partial charge in [0, 0.05) is 6.07 Å². The van der Waals surface area contributed by atoms with Crippen molar-refractivity contribution in [3.05, 3.63) is 64.1 Å². The van der Waals surface area contributed by atoms with E-state index in [0.717, 1.165) is 0 Å². The van der Waals surface area contributed by atoms with Crippen LogP contribution in [-0.4, -0.2) is 16.0 Å². The summed E-state index contributed by atoms with van der Waals surface area (Å²) in [7, 11) is 0. The van der Waals surface area contributed by atoms with Crippen LogP contribution in [-0.2, 0) is 0 Å². The molecule has 1 amide bonds. The van der Waals surface area contributed by atoms with Gasteiger partial charge < -0.3 is 15.2 Å². The number of hydrogen-bond donors (Lipinski definition) is 2. The van der Waals surface area contributed by atoms with Gasteiger partial charge in [-0.3, -0.25) is 4.79 Å². The third-order valence-corrected chi connectivity index (χ3v) is 3.92. The number of nitrogens with one attached hydrogen (secondary N) is 2. The van der Waals surface area contributed by atoms with Crippen molar-refractivity contribution in [3.63, 3.8) is 0 Å². The maximum Gasteiger partial charge on any atom is 0.275 e. The van der Waals surface area contributed by atoms with Crippen molar-refractivity contribution < 1.29 is 9.32 Å². The molecule has 8 heteroatoms. The molecule has 24 heavy (non-hydrogen) atoms. The molecule has 3 aromatic rings. The number of hydrogen-bond acceptors (Lipinski definition) is 5. The van der Waals surface area contributed by atoms with Crippen molar-refractivity contribution in [3.8, 4) is 0 Å². The second-order valence-electron chi connectivity index (χ2n) is 4.94. The van der Waals surface area contributed by atoms with Gasteiger partial charge in [0.25, 0.3) is 5.91 Å². The third kappa shape index (κ3) is 3.67. The second kappa shape index (κ2) is 6.90. The number of amides is 1. The lowest BCUT2D eigenvalue weighted by Crippen LogP contribution is -2.13. The molecule has 2 heterocycles. The van der Waals surface area contributed by atoms with Crippen molar-refractivity contribution in [2.24, 2.45) is 0 Å². The van der Waals surface area contributed by atoms with Crippen LogP contribution in [0.15, 0.2) is 47.1 Å². The van der Waals surface area contributed by atoms with Gasteiger partial charge >= 0.3 is 0 Å². The summed E-state index contributed by atoms with van der Waals surface area (Å²) in [6, 6.07) is 10.2. The molecule has 0 radical (unpaired) electrons. The molecule has 6 nitrogen and oxygen atoms in total. The monoisotopic (exact) mass is 362 g/mol. The maximum atomic E-state index is 12.1. The first-order valence-corrected chi connectivity index (χ1v) is 7.70. The zero-order valence-electron chi connectivity index (χ0n) is 12.5. The number of carbonyl (C=O) groups is 1. The number of nitrogens with zero attached hydrogens (tertiary/aromatic N) is 2. The van der Waals surface area contributed by atoms with Gasteiger partial charge in [0.2, 0.25) is 0 Å². The number of anilines is 3. The van der Waals surface area contributed by atoms with Crippen molar-refractivity contribution in [1.82, 2.24) is 10.1 Å². The molecule has 2 aromatic heterocycles. The molecule has 0 aliphatic carbocycles. The number of benzene rings is 1. The lowest BCUT2D eigenvalue weighted by molar-refractivity contribution is 0.102. The van der Waals surface area contributed by atoms with E-state index in [1.54, 1.807) is 43.3 Å². The molecule has 0 aliphatic rings. The van der Waals surface area contributed by atoms with Gasteiger partial charge in [-0.05, 0) is 31.2 Å². The van der Waals surface area contributed by atoms with Crippen LogP contribution in [0.3, 0.4) is 0 Å². The average molecular weight is 363 g/mol. The van der Waals surface area contributed by atoms with Crippen LogP contribution in [0.4, 0.5) is 17.2 Å². The molecule has 1 aromatic carbocycles. The molecule has 0 unspecified atom stereocenters. The van der Waals surface area contributed by atoms with E-state index in [9.17, 15) is 4.79 Å². The number of aromatic nitrogens is 2. The van der Waals surface area contributed by atoms with Gasteiger partial charge in [0.15, 0.2) is 5.82 Å². The van der Waals surface area contributed by atoms with Crippen molar-refractivity contribution in [2.45, 2.75) is 6.92 Å². The van der Waals surface area contributed by atoms with Crippen LogP contribution in [0.25, 0.3) is 0 Å². The summed E-state index contributed by atoms with van der Waals surface area (Å²) in [6.45, 7) is 1.74. The van der Waals surface area contributed by atoms with E-state index in [0.29, 0.717) is 33.0 Å². The van der Waals surface area contributed by atoms with E-state index in [2.05, 4.69) is 20.8 Å².